The van der Waals surface area contributed by atoms with E-state index in [1.54, 1.807) is 12.1 Å². The van der Waals surface area contributed by atoms with Gasteiger partial charge in [-0.05, 0) is 12.1 Å². The van der Waals surface area contributed by atoms with Crippen molar-refractivity contribution in [2.45, 2.75) is 19.4 Å². The maximum Gasteiger partial charge on any atom is 0.325 e. The summed E-state index contributed by atoms with van der Waals surface area (Å²) in [6.07, 6.45) is 1.58. The zero-order chi connectivity index (χ0) is 14.1. The quantitative estimate of drug-likeness (QED) is 0.676. The zero-order valence-electron chi connectivity index (χ0n) is 10.6. The van der Waals surface area contributed by atoms with Crippen LogP contribution in [-0.2, 0) is 25.7 Å². The van der Waals surface area contributed by atoms with E-state index in [4.69, 9.17) is 4.42 Å². The molecule has 1 aromatic heterocycles. The molecule has 19 heavy (non-hydrogen) atoms. The monoisotopic (exact) mass is 268 g/mol. The number of methoxy groups -OCH3 is 1. The van der Waals surface area contributed by atoms with Crippen molar-refractivity contribution in [3.05, 3.63) is 24.2 Å². The first-order valence-electron chi connectivity index (χ1n) is 5.74. The van der Waals surface area contributed by atoms with Crippen LogP contribution in [0.4, 0.5) is 0 Å². The van der Waals surface area contributed by atoms with Gasteiger partial charge in [0.25, 0.3) is 0 Å². The van der Waals surface area contributed by atoms with Crippen LogP contribution in [0.15, 0.2) is 22.8 Å². The van der Waals surface area contributed by atoms with Gasteiger partial charge in [-0.25, -0.2) is 0 Å². The molecule has 104 valence electrons. The molecular formula is C12H16N2O5. The number of hydrogen-bond acceptors (Lipinski definition) is 5. The van der Waals surface area contributed by atoms with Crippen LogP contribution in [0.25, 0.3) is 0 Å². The Balaban J connectivity index is 2.12. The molecule has 7 nitrogen and oxygen atoms in total. The SMILES string of the molecule is COC(=O)CNC(=O)CCC(=O)NCc1ccco1. The highest BCUT2D eigenvalue weighted by Crippen LogP contribution is 1.99. The average molecular weight is 268 g/mol. The fourth-order valence-corrected chi connectivity index (χ4v) is 1.25. The number of rotatable bonds is 7. The van der Waals surface area contributed by atoms with Crippen molar-refractivity contribution in [1.29, 1.82) is 0 Å². The minimum absolute atomic E-state index is 0.0149. The van der Waals surface area contributed by atoms with Crippen molar-refractivity contribution in [3.8, 4) is 0 Å². The fraction of sp³-hybridized carbons (Fsp3) is 0.417. The number of carbonyl (C=O) groups is 3. The van der Waals surface area contributed by atoms with Crippen LogP contribution < -0.4 is 10.6 Å². The third kappa shape index (κ3) is 6.25. The lowest BCUT2D eigenvalue weighted by Gasteiger charge is -2.04. The standard InChI is InChI=1S/C12H16N2O5/c1-18-12(17)8-14-11(16)5-4-10(15)13-7-9-3-2-6-19-9/h2-3,6H,4-5,7-8H2,1H3,(H,13,15)(H,14,16). The normalized spacial score (nSPS) is 9.74. The molecule has 2 amide bonds. The molecule has 0 radical (unpaired) electrons. The van der Waals surface area contributed by atoms with E-state index in [9.17, 15) is 14.4 Å². The van der Waals surface area contributed by atoms with E-state index in [2.05, 4.69) is 15.4 Å². The van der Waals surface area contributed by atoms with Crippen LogP contribution in [0.5, 0.6) is 0 Å². The van der Waals surface area contributed by atoms with Crippen LogP contribution in [0.1, 0.15) is 18.6 Å². The smallest absolute Gasteiger partial charge is 0.325 e. The molecule has 0 unspecified atom stereocenters. The van der Waals surface area contributed by atoms with E-state index in [0.29, 0.717) is 5.76 Å². The van der Waals surface area contributed by atoms with Gasteiger partial charge in [0, 0.05) is 12.8 Å². The molecule has 0 aliphatic carbocycles. The summed E-state index contributed by atoms with van der Waals surface area (Å²) >= 11 is 0. The number of esters is 1. The fourth-order valence-electron chi connectivity index (χ4n) is 1.25. The predicted molar refractivity (Wildman–Crippen MR) is 64.8 cm³/mol. The molecule has 0 spiro atoms. The second kappa shape index (κ2) is 7.91. The van der Waals surface area contributed by atoms with Crippen LogP contribution >= 0.6 is 0 Å². The Kier molecular flexibility index (Phi) is 6.14. The molecule has 2 N–H and O–H groups in total. The second-order valence-electron chi connectivity index (χ2n) is 3.71. The summed E-state index contributed by atoms with van der Waals surface area (Å²) in [5, 5.41) is 4.96. The lowest BCUT2D eigenvalue weighted by molar-refractivity contribution is -0.141. The largest absolute Gasteiger partial charge is 0.468 e. The number of amides is 2. The molecule has 0 aromatic carbocycles. The van der Waals surface area contributed by atoms with E-state index >= 15 is 0 Å². The Labute approximate surface area is 110 Å². The van der Waals surface area contributed by atoms with E-state index in [-0.39, 0.29) is 37.7 Å². The van der Waals surface area contributed by atoms with Gasteiger partial charge in [-0.15, -0.1) is 0 Å². The van der Waals surface area contributed by atoms with Gasteiger partial charge in [0.1, 0.15) is 12.3 Å². The van der Waals surface area contributed by atoms with Crippen molar-refractivity contribution in [1.82, 2.24) is 10.6 Å². The van der Waals surface area contributed by atoms with Crippen molar-refractivity contribution in [2.75, 3.05) is 13.7 Å². The van der Waals surface area contributed by atoms with Gasteiger partial charge in [-0.3, -0.25) is 14.4 Å². The van der Waals surface area contributed by atoms with Crippen LogP contribution in [0, 0.1) is 0 Å². The first-order valence-corrected chi connectivity index (χ1v) is 5.74. The first kappa shape index (κ1) is 14.7. The maximum absolute atomic E-state index is 11.4. The number of ether oxygens (including phenoxy) is 1. The first-order chi connectivity index (χ1) is 9.11. The molecule has 0 atom stereocenters. The highest BCUT2D eigenvalue weighted by Gasteiger charge is 2.08. The second-order valence-corrected chi connectivity index (χ2v) is 3.71. The minimum Gasteiger partial charge on any atom is -0.468 e. The van der Waals surface area contributed by atoms with Gasteiger partial charge in [-0.2, -0.15) is 0 Å². The Bertz CT molecular complexity index is 427. The Morgan fingerprint density at radius 2 is 1.89 bits per heavy atom. The highest BCUT2D eigenvalue weighted by atomic mass is 16.5. The Morgan fingerprint density at radius 1 is 1.21 bits per heavy atom. The average Bonchev–Trinajstić information content (AvgIpc) is 2.93. The van der Waals surface area contributed by atoms with E-state index in [0.717, 1.165) is 0 Å². The molecule has 0 aliphatic rings. The molecule has 0 aliphatic heterocycles. The lowest BCUT2D eigenvalue weighted by atomic mass is 10.2. The number of furan rings is 1. The zero-order valence-corrected chi connectivity index (χ0v) is 10.6. The molecule has 1 rings (SSSR count). The lowest BCUT2D eigenvalue weighted by Crippen LogP contribution is -2.31. The topological polar surface area (TPSA) is 97.6 Å². The number of hydrogen-bond donors (Lipinski definition) is 2. The van der Waals surface area contributed by atoms with Crippen LogP contribution in [-0.4, -0.2) is 31.4 Å². The summed E-state index contributed by atoms with van der Waals surface area (Å²) in [6, 6.07) is 3.46. The summed E-state index contributed by atoms with van der Waals surface area (Å²) < 4.78 is 9.40. The summed E-state index contributed by atoms with van der Waals surface area (Å²) in [5.74, 6) is -0.526. The Hall–Kier alpha value is -2.31. The van der Waals surface area contributed by atoms with Gasteiger partial charge in [0.2, 0.25) is 11.8 Å². The maximum atomic E-state index is 11.4. The molecule has 7 heteroatoms. The van der Waals surface area contributed by atoms with E-state index in [1.165, 1.54) is 13.4 Å². The van der Waals surface area contributed by atoms with Gasteiger partial charge in [-0.1, -0.05) is 0 Å². The molecule has 0 bridgehead atoms. The summed E-state index contributed by atoms with van der Waals surface area (Å²) in [5.41, 5.74) is 0. The van der Waals surface area contributed by atoms with E-state index < -0.39 is 5.97 Å². The van der Waals surface area contributed by atoms with Gasteiger partial charge < -0.3 is 19.8 Å². The molecule has 1 aromatic rings. The van der Waals surface area contributed by atoms with Crippen molar-refractivity contribution in [2.24, 2.45) is 0 Å². The number of carbonyl (C=O) groups excluding carboxylic acids is 3. The van der Waals surface area contributed by atoms with Gasteiger partial charge >= 0.3 is 5.97 Å². The molecule has 1 heterocycles. The van der Waals surface area contributed by atoms with Crippen molar-refractivity contribution >= 4 is 17.8 Å². The van der Waals surface area contributed by atoms with Crippen LogP contribution in [0.2, 0.25) is 0 Å². The third-order valence-electron chi connectivity index (χ3n) is 2.28. The van der Waals surface area contributed by atoms with E-state index in [1.807, 2.05) is 0 Å². The van der Waals surface area contributed by atoms with Gasteiger partial charge in [0.15, 0.2) is 0 Å². The van der Waals surface area contributed by atoms with Crippen LogP contribution in [0.3, 0.4) is 0 Å². The minimum atomic E-state index is -0.532. The number of nitrogens with one attached hydrogen (secondary N) is 2. The third-order valence-corrected chi connectivity index (χ3v) is 2.28. The summed E-state index contributed by atoms with van der Waals surface area (Å²) in [7, 11) is 1.23. The van der Waals surface area contributed by atoms with Crippen molar-refractivity contribution in [3.63, 3.8) is 0 Å². The van der Waals surface area contributed by atoms with Crippen molar-refractivity contribution < 1.29 is 23.5 Å². The molecule has 0 saturated heterocycles. The Morgan fingerprint density at radius 3 is 2.47 bits per heavy atom. The predicted octanol–water partition coefficient (Wildman–Crippen LogP) is -0.0348. The highest BCUT2D eigenvalue weighted by molar-refractivity contribution is 5.85. The molecular weight excluding hydrogens is 252 g/mol. The summed E-state index contributed by atoms with van der Waals surface area (Å²) in [6.45, 7) is 0.0962. The molecule has 0 fully saturated rings. The summed E-state index contributed by atoms with van der Waals surface area (Å²) in [4.78, 5) is 33.5. The van der Waals surface area contributed by atoms with Gasteiger partial charge in [0.05, 0.1) is 19.9 Å². The molecule has 0 saturated carbocycles.